The quantitative estimate of drug-likeness (QED) is 0.870. The van der Waals surface area contributed by atoms with Crippen LogP contribution in [0.5, 0.6) is 5.75 Å². The van der Waals surface area contributed by atoms with E-state index in [9.17, 15) is 9.50 Å². The minimum Gasteiger partial charge on any atom is -0.487 e. The Morgan fingerprint density at radius 1 is 1.35 bits per heavy atom. The molecule has 0 amide bonds. The number of halogens is 1. The molecule has 1 heterocycles. The summed E-state index contributed by atoms with van der Waals surface area (Å²) in [5, 5.41) is 10.3. The van der Waals surface area contributed by atoms with E-state index in [-0.39, 0.29) is 11.4 Å². The number of aliphatic hydroxyl groups excluding tert-OH is 1. The number of rotatable bonds is 2. The van der Waals surface area contributed by atoms with Crippen LogP contribution in [-0.2, 0) is 0 Å². The molecule has 1 fully saturated rings. The molecule has 0 bridgehead atoms. The zero-order chi connectivity index (χ0) is 14.2. The Labute approximate surface area is 120 Å². The van der Waals surface area contributed by atoms with Crippen molar-refractivity contribution in [3.05, 3.63) is 29.6 Å². The highest BCUT2D eigenvalue weighted by Crippen LogP contribution is 2.47. The zero-order valence-corrected chi connectivity index (χ0v) is 12.1. The summed E-state index contributed by atoms with van der Waals surface area (Å²) in [7, 11) is 0. The Balaban J connectivity index is 1.77. The lowest BCUT2D eigenvalue weighted by Crippen LogP contribution is -2.44. The van der Waals surface area contributed by atoms with Gasteiger partial charge in [0, 0.05) is 18.1 Å². The van der Waals surface area contributed by atoms with Gasteiger partial charge >= 0.3 is 0 Å². The molecule has 1 N–H and O–H groups in total. The summed E-state index contributed by atoms with van der Waals surface area (Å²) in [4.78, 5) is 0. The van der Waals surface area contributed by atoms with Gasteiger partial charge in [-0.05, 0) is 43.7 Å². The molecule has 1 aliphatic heterocycles. The molecule has 1 aromatic rings. The third-order valence-electron chi connectivity index (χ3n) is 4.94. The van der Waals surface area contributed by atoms with Crippen molar-refractivity contribution >= 4 is 0 Å². The predicted molar refractivity (Wildman–Crippen MR) is 76.2 cm³/mol. The molecule has 1 saturated carbocycles. The van der Waals surface area contributed by atoms with Crippen LogP contribution in [0.2, 0.25) is 0 Å². The summed E-state index contributed by atoms with van der Waals surface area (Å²) in [5.74, 6) is 1.03. The van der Waals surface area contributed by atoms with Gasteiger partial charge in [0.25, 0.3) is 0 Å². The van der Waals surface area contributed by atoms with Crippen molar-refractivity contribution in [1.29, 1.82) is 0 Å². The lowest BCUT2D eigenvalue weighted by molar-refractivity contribution is -0.0476. The van der Waals surface area contributed by atoms with Crippen molar-refractivity contribution in [1.82, 2.24) is 0 Å². The summed E-state index contributed by atoms with van der Waals surface area (Å²) in [6.45, 7) is 2.23. The number of ether oxygens (including phenoxy) is 1. The van der Waals surface area contributed by atoms with Gasteiger partial charge in [0.15, 0.2) is 0 Å². The SMILES string of the molecule is CCCC1CCC2(CC1)CC(O)c1ccc(F)cc1O2. The molecule has 1 unspecified atom stereocenters. The highest BCUT2D eigenvalue weighted by atomic mass is 19.1. The van der Waals surface area contributed by atoms with E-state index in [4.69, 9.17) is 4.74 Å². The summed E-state index contributed by atoms with van der Waals surface area (Å²) < 4.78 is 19.5. The van der Waals surface area contributed by atoms with Crippen LogP contribution in [0.25, 0.3) is 0 Å². The molecule has 20 heavy (non-hydrogen) atoms. The van der Waals surface area contributed by atoms with Crippen LogP contribution in [0.4, 0.5) is 4.39 Å². The molecule has 0 aromatic heterocycles. The maximum Gasteiger partial charge on any atom is 0.128 e. The molecular weight excluding hydrogens is 255 g/mol. The first-order chi connectivity index (χ1) is 9.62. The van der Waals surface area contributed by atoms with E-state index in [0.29, 0.717) is 12.2 Å². The second kappa shape index (κ2) is 5.36. The Kier molecular flexibility index (Phi) is 3.72. The number of aliphatic hydroxyl groups is 1. The van der Waals surface area contributed by atoms with Crippen LogP contribution in [0.15, 0.2) is 18.2 Å². The summed E-state index contributed by atoms with van der Waals surface area (Å²) in [6.07, 6.45) is 6.90. The maximum atomic E-state index is 13.4. The number of benzene rings is 1. The molecule has 1 atom stereocenters. The first-order valence-corrected chi connectivity index (χ1v) is 7.78. The van der Waals surface area contributed by atoms with Crippen LogP contribution >= 0.6 is 0 Å². The molecule has 1 aliphatic carbocycles. The minimum absolute atomic E-state index is 0.273. The van der Waals surface area contributed by atoms with Gasteiger partial charge in [-0.1, -0.05) is 19.8 Å². The van der Waals surface area contributed by atoms with Gasteiger partial charge in [0.1, 0.15) is 17.2 Å². The fourth-order valence-corrected chi connectivity index (χ4v) is 3.82. The Bertz CT molecular complexity index is 478. The first-order valence-electron chi connectivity index (χ1n) is 7.78. The van der Waals surface area contributed by atoms with Gasteiger partial charge in [0.05, 0.1) is 6.10 Å². The average Bonchev–Trinajstić information content (AvgIpc) is 2.41. The Morgan fingerprint density at radius 3 is 2.80 bits per heavy atom. The molecule has 3 heteroatoms. The third-order valence-corrected chi connectivity index (χ3v) is 4.94. The van der Waals surface area contributed by atoms with Gasteiger partial charge in [-0.15, -0.1) is 0 Å². The summed E-state index contributed by atoms with van der Waals surface area (Å²) in [5.41, 5.74) is 0.456. The standard InChI is InChI=1S/C17H23FO2/c1-2-3-12-6-8-17(9-7-12)11-15(19)14-5-4-13(18)10-16(14)20-17/h4-5,10,12,15,19H,2-3,6-9,11H2,1H3. The monoisotopic (exact) mass is 278 g/mol. The topological polar surface area (TPSA) is 29.5 Å². The van der Waals surface area contributed by atoms with Crippen molar-refractivity contribution in [3.63, 3.8) is 0 Å². The molecule has 0 saturated heterocycles. The molecule has 110 valence electrons. The highest BCUT2D eigenvalue weighted by Gasteiger charge is 2.43. The van der Waals surface area contributed by atoms with E-state index < -0.39 is 6.10 Å². The van der Waals surface area contributed by atoms with Gasteiger partial charge < -0.3 is 9.84 Å². The summed E-state index contributed by atoms with van der Waals surface area (Å²) >= 11 is 0. The molecule has 2 nitrogen and oxygen atoms in total. The molecular formula is C17H23FO2. The fraction of sp³-hybridized carbons (Fsp3) is 0.647. The largest absolute Gasteiger partial charge is 0.487 e. The van der Waals surface area contributed by atoms with E-state index in [0.717, 1.165) is 37.2 Å². The van der Waals surface area contributed by atoms with E-state index in [1.54, 1.807) is 6.07 Å². The number of fused-ring (bicyclic) bond motifs is 1. The smallest absolute Gasteiger partial charge is 0.128 e. The van der Waals surface area contributed by atoms with E-state index >= 15 is 0 Å². The number of hydrogen-bond donors (Lipinski definition) is 1. The fourth-order valence-electron chi connectivity index (χ4n) is 3.82. The molecule has 3 rings (SSSR count). The van der Waals surface area contributed by atoms with Crippen molar-refractivity contribution in [3.8, 4) is 5.75 Å². The molecule has 1 aromatic carbocycles. The maximum absolute atomic E-state index is 13.4. The predicted octanol–water partition coefficient (Wildman–Crippen LogP) is 4.37. The van der Waals surface area contributed by atoms with Gasteiger partial charge in [-0.3, -0.25) is 0 Å². The average molecular weight is 278 g/mol. The lowest BCUT2D eigenvalue weighted by Gasteiger charge is -2.45. The van der Waals surface area contributed by atoms with Crippen molar-refractivity contribution < 1.29 is 14.2 Å². The van der Waals surface area contributed by atoms with E-state index in [1.165, 1.54) is 25.0 Å². The highest BCUT2D eigenvalue weighted by molar-refractivity contribution is 5.38. The normalized spacial score (nSPS) is 32.8. The van der Waals surface area contributed by atoms with Crippen molar-refractivity contribution in [2.75, 3.05) is 0 Å². The van der Waals surface area contributed by atoms with Gasteiger partial charge in [-0.25, -0.2) is 4.39 Å². The van der Waals surface area contributed by atoms with Crippen LogP contribution in [-0.4, -0.2) is 10.7 Å². The van der Waals surface area contributed by atoms with Crippen molar-refractivity contribution in [2.24, 2.45) is 5.92 Å². The second-order valence-corrected chi connectivity index (χ2v) is 6.42. The first kappa shape index (κ1) is 13.9. The third kappa shape index (κ3) is 2.56. The van der Waals surface area contributed by atoms with Crippen LogP contribution in [0, 0.1) is 11.7 Å². The Hall–Kier alpha value is -1.09. The van der Waals surface area contributed by atoms with Crippen LogP contribution in [0.3, 0.4) is 0 Å². The van der Waals surface area contributed by atoms with Gasteiger partial charge in [0.2, 0.25) is 0 Å². The van der Waals surface area contributed by atoms with Crippen molar-refractivity contribution in [2.45, 2.75) is 63.6 Å². The van der Waals surface area contributed by atoms with Gasteiger partial charge in [-0.2, -0.15) is 0 Å². The second-order valence-electron chi connectivity index (χ2n) is 6.42. The van der Waals surface area contributed by atoms with E-state index in [2.05, 4.69) is 6.92 Å². The molecule has 2 aliphatic rings. The Morgan fingerprint density at radius 2 is 2.10 bits per heavy atom. The van der Waals surface area contributed by atoms with Crippen LogP contribution < -0.4 is 4.74 Å². The molecule has 0 radical (unpaired) electrons. The zero-order valence-electron chi connectivity index (χ0n) is 12.1. The number of hydrogen-bond acceptors (Lipinski definition) is 2. The molecule has 1 spiro atoms. The van der Waals surface area contributed by atoms with Crippen LogP contribution in [0.1, 0.15) is 63.5 Å². The lowest BCUT2D eigenvalue weighted by atomic mass is 9.73. The van der Waals surface area contributed by atoms with E-state index in [1.807, 2.05) is 0 Å². The summed E-state index contributed by atoms with van der Waals surface area (Å²) in [6, 6.07) is 4.45. The minimum atomic E-state index is -0.526.